The number of pyridine rings is 2. The van der Waals surface area contributed by atoms with Gasteiger partial charge in [0.15, 0.2) is 0 Å². The molecule has 3 aromatic heterocycles. The minimum Gasteiger partial charge on any atom is -0.362 e. The molecule has 1 aliphatic rings. The van der Waals surface area contributed by atoms with Crippen molar-refractivity contribution in [1.82, 2.24) is 24.8 Å². The quantitative estimate of drug-likeness (QED) is 0.722. The predicted octanol–water partition coefficient (Wildman–Crippen LogP) is 3.02. The van der Waals surface area contributed by atoms with E-state index in [4.69, 9.17) is 4.98 Å². The Bertz CT molecular complexity index is 1020. The Hall–Kier alpha value is -3.06. The van der Waals surface area contributed by atoms with Crippen LogP contribution in [0.15, 0.2) is 53.7 Å². The van der Waals surface area contributed by atoms with E-state index in [9.17, 15) is 4.79 Å². The lowest BCUT2D eigenvalue weighted by Gasteiger charge is -2.36. The highest BCUT2D eigenvalue weighted by Gasteiger charge is 2.27. The molecule has 0 amide bonds. The molecule has 1 saturated heterocycles. The number of piperidine rings is 1. The van der Waals surface area contributed by atoms with Gasteiger partial charge in [-0.05, 0) is 37.6 Å². The molecule has 1 aliphatic heterocycles. The summed E-state index contributed by atoms with van der Waals surface area (Å²) in [4.78, 5) is 33.1. The molecule has 150 valence electrons. The fraction of sp³-hybridized carbons (Fsp3) is 0.364. The standard InChI is InChI=1S/C22H26N6O/c1-27(2)22-17(6-5-10-24-22)15-28-13-4-3-7-19(28)18-14-20(29)26-21(25-18)16-8-11-23-12-9-16/h5-6,8-12,14,19H,3-4,7,13,15H2,1-2H3,(H,25,26,29)/t19-/m1/s1. The fourth-order valence-electron chi connectivity index (χ4n) is 3.98. The van der Waals surface area contributed by atoms with Gasteiger partial charge < -0.3 is 9.88 Å². The van der Waals surface area contributed by atoms with Gasteiger partial charge in [-0.25, -0.2) is 9.97 Å². The van der Waals surface area contributed by atoms with E-state index in [2.05, 4.69) is 25.9 Å². The van der Waals surface area contributed by atoms with Gasteiger partial charge in [0.25, 0.3) is 5.56 Å². The largest absolute Gasteiger partial charge is 0.362 e. The molecule has 0 radical (unpaired) electrons. The maximum atomic E-state index is 12.4. The topological polar surface area (TPSA) is 78.0 Å². The SMILES string of the molecule is CN(C)c1ncccc1CN1CCCC[C@@H]1c1cc(=O)[nH]c(-c2ccncc2)n1. The molecule has 4 rings (SSSR count). The van der Waals surface area contributed by atoms with Crippen LogP contribution in [-0.4, -0.2) is 45.5 Å². The summed E-state index contributed by atoms with van der Waals surface area (Å²) in [5.41, 5.74) is 2.75. The first-order chi connectivity index (χ1) is 14.1. The van der Waals surface area contributed by atoms with Crippen molar-refractivity contribution >= 4 is 5.82 Å². The van der Waals surface area contributed by atoms with E-state index in [1.54, 1.807) is 18.5 Å². The highest BCUT2D eigenvalue weighted by atomic mass is 16.1. The molecule has 7 heteroatoms. The Morgan fingerprint density at radius 2 is 2.00 bits per heavy atom. The average Bonchev–Trinajstić information content (AvgIpc) is 2.74. The van der Waals surface area contributed by atoms with Gasteiger partial charge in [-0.3, -0.25) is 14.7 Å². The molecule has 0 aliphatic carbocycles. The van der Waals surface area contributed by atoms with Crippen LogP contribution in [0.2, 0.25) is 0 Å². The summed E-state index contributed by atoms with van der Waals surface area (Å²) < 4.78 is 0. The van der Waals surface area contributed by atoms with Crippen LogP contribution >= 0.6 is 0 Å². The van der Waals surface area contributed by atoms with E-state index in [0.717, 1.165) is 49.4 Å². The number of aromatic nitrogens is 4. The Labute approximate surface area is 170 Å². The van der Waals surface area contributed by atoms with Crippen LogP contribution in [0.3, 0.4) is 0 Å². The smallest absolute Gasteiger partial charge is 0.251 e. The number of H-pyrrole nitrogens is 1. The molecule has 0 spiro atoms. The van der Waals surface area contributed by atoms with Crippen molar-refractivity contribution in [2.24, 2.45) is 0 Å². The fourth-order valence-corrected chi connectivity index (χ4v) is 3.98. The van der Waals surface area contributed by atoms with Crippen LogP contribution in [0, 0.1) is 0 Å². The van der Waals surface area contributed by atoms with E-state index >= 15 is 0 Å². The second kappa shape index (κ2) is 8.53. The zero-order valence-corrected chi connectivity index (χ0v) is 16.9. The molecule has 7 nitrogen and oxygen atoms in total. The number of likely N-dealkylation sites (tertiary alicyclic amines) is 1. The summed E-state index contributed by atoms with van der Waals surface area (Å²) >= 11 is 0. The number of hydrogen-bond acceptors (Lipinski definition) is 6. The normalized spacial score (nSPS) is 17.2. The third-order valence-corrected chi connectivity index (χ3v) is 5.33. The molecule has 0 aromatic carbocycles. The molecule has 29 heavy (non-hydrogen) atoms. The lowest BCUT2D eigenvalue weighted by Crippen LogP contribution is -2.34. The monoisotopic (exact) mass is 390 g/mol. The van der Waals surface area contributed by atoms with Gasteiger partial charge in [-0.1, -0.05) is 12.5 Å². The van der Waals surface area contributed by atoms with E-state index in [1.165, 1.54) is 5.56 Å². The molecule has 0 saturated carbocycles. The van der Waals surface area contributed by atoms with Crippen molar-refractivity contribution in [2.45, 2.75) is 31.8 Å². The van der Waals surface area contributed by atoms with E-state index in [0.29, 0.717) is 5.82 Å². The van der Waals surface area contributed by atoms with E-state index < -0.39 is 0 Å². The molecule has 0 bridgehead atoms. The summed E-state index contributed by atoms with van der Waals surface area (Å²) in [6.07, 6.45) is 8.51. The van der Waals surface area contributed by atoms with Crippen LogP contribution in [0.5, 0.6) is 0 Å². The third kappa shape index (κ3) is 4.35. The van der Waals surface area contributed by atoms with Crippen molar-refractivity contribution in [3.8, 4) is 11.4 Å². The van der Waals surface area contributed by atoms with Crippen LogP contribution in [-0.2, 0) is 6.54 Å². The van der Waals surface area contributed by atoms with Crippen molar-refractivity contribution in [1.29, 1.82) is 0 Å². The number of hydrogen-bond donors (Lipinski definition) is 1. The lowest BCUT2D eigenvalue weighted by atomic mass is 9.98. The molecule has 1 N–H and O–H groups in total. The number of nitrogens with one attached hydrogen (secondary N) is 1. The summed E-state index contributed by atoms with van der Waals surface area (Å²) in [5.74, 6) is 1.57. The molecular formula is C22H26N6O. The first-order valence-electron chi connectivity index (χ1n) is 9.99. The van der Waals surface area contributed by atoms with Gasteiger partial charge in [0.1, 0.15) is 11.6 Å². The first-order valence-corrected chi connectivity index (χ1v) is 9.99. The van der Waals surface area contributed by atoms with Gasteiger partial charge >= 0.3 is 0 Å². The Kier molecular flexibility index (Phi) is 5.67. The Morgan fingerprint density at radius 1 is 1.17 bits per heavy atom. The van der Waals surface area contributed by atoms with Crippen LogP contribution in [0.4, 0.5) is 5.82 Å². The van der Waals surface area contributed by atoms with Gasteiger partial charge in [-0.15, -0.1) is 0 Å². The van der Waals surface area contributed by atoms with Crippen molar-refractivity contribution in [2.75, 3.05) is 25.5 Å². The van der Waals surface area contributed by atoms with Gasteiger partial charge in [0, 0.05) is 56.4 Å². The summed E-state index contributed by atoms with van der Waals surface area (Å²) in [6, 6.07) is 9.58. The first kappa shape index (κ1) is 19.3. The second-order valence-electron chi connectivity index (χ2n) is 7.62. The minimum atomic E-state index is -0.123. The zero-order valence-electron chi connectivity index (χ0n) is 16.9. The minimum absolute atomic E-state index is 0.113. The second-order valence-corrected chi connectivity index (χ2v) is 7.62. The molecule has 1 atom stereocenters. The third-order valence-electron chi connectivity index (χ3n) is 5.33. The number of anilines is 1. The zero-order chi connectivity index (χ0) is 20.2. The Morgan fingerprint density at radius 3 is 2.79 bits per heavy atom. The lowest BCUT2D eigenvalue weighted by molar-refractivity contribution is 0.137. The maximum absolute atomic E-state index is 12.4. The average molecular weight is 390 g/mol. The number of aromatic amines is 1. The molecule has 1 fully saturated rings. The molecule has 4 heterocycles. The van der Waals surface area contributed by atoms with Gasteiger partial charge in [-0.2, -0.15) is 0 Å². The van der Waals surface area contributed by atoms with E-state index in [1.807, 2.05) is 43.4 Å². The van der Waals surface area contributed by atoms with E-state index in [-0.39, 0.29) is 11.6 Å². The van der Waals surface area contributed by atoms with Crippen molar-refractivity contribution < 1.29 is 0 Å². The van der Waals surface area contributed by atoms with Crippen LogP contribution < -0.4 is 10.5 Å². The van der Waals surface area contributed by atoms with Crippen molar-refractivity contribution in [3.05, 3.63) is 70.5 Å². The predicted molar refractivity (Wildman–Crippen MR) is 114 cm³/mol. The highest BCUT2D eigenvalue weighted by Crippen LogP contribution is 2.32. The molecular weight excluding hydrogens is 364 g/mol. The van der Waals surface area contributed by atoms with Gasteiger partial charge in [0.2, 0.25) is 0 Å². The number of nitrogens with zero attached hydrogens (tertiary/aromatic N) is 5. The van der Waals surface area contributed by atoms with Gasteiger partial charge in [0.05, 0.1) is 11.7 Å². The number of rotatable bonds is 5. The molecule has 3 aromatic rings. The molecule has 0 unspecified atom stereocenters. The summed E-state index contributed by atoms with van der Waals surface area (Å²) in [5, 5.41) is 0. The van der Waals surface area contributed by atoms with Crippen LogP contribution in [0.1, 0.15) is 36.6 Å². The maximum Gasteiger partial charge on any atom is 0.251 e. The Balaban J connectivity index is 1.67. The van der Waals surface area contributed by atoms with Crippen molar-refractivity contribution in [3.63, 3.8) is 0 Å². The highest BCUT2D eigenvalue weighted by molar-refractivity contribution is 5.53. The summed E-state index contributed by atoms with van der Waals surface area (Å²) in [7, 11) is 4.03. The van der Waals surface area contributed by atoms with Crippen LogP contribution in [0.25, 0.3) is 11.4 Å². The summed E-state index contributed by atoms with van der Waals surface area (Å²) in [6.45, 7) is 1.76.